The molecule has 1 atom stereocenters. The second-order valence-corrected chi connectivity index (χ2v) is 5.71. The van der Waals surface area contributed by atoms with Crippen molar-refractivity contribution in [1.29, 1.82) is 0 Å². The predicted octanol–water partition coefficient (Wildman–Crippen LogP) is 1.17. The SMILES string of the molecule is CCOCCOC(C)C(=O)NC1(C(=O)O)Cc2ccccc2C1. The molecule has 1 aromatic carbocycles. The number of carboxylic acid groups (broad SMARTS) is 1. The number of ether oxygens (including phenoxy) is 2. The zero-order valence-corrected chi connectivity index (χ0v) is 13.5. The standard InChI is InChI=1S/C17H23NO5/c1-3-22-8-9-23-12(2)15(19)18-17(16(20)21)10-13-6-4-5-7-14(13)11-17/h4-7,12H,3,8-11H2,1-2H3,(H,18,19)(H,20,21). The third-order valence-electron chi connectivity index (χ3n) is 4.04. The highest BCUT2D eigenvalue weighted by Gasteiger charge is 2.45. The Balaban J connectivity index is 1.98. The first-order chi connectivity index (χ1) is 11.0. The third-order valence-corrected chi connectivity index (χ3v) is 4.04. The molecule has 0 bridgehead atoms. The van der Waals surface area contributed by atoms with Crippen LogP contribution in [0.5, 0.6) is 0 Å². The van der Waals surface area contributed by atoms with Crippen molar-refractivity contribution in [3.8, 4) is 0 Å². The fourth-order valence-electron chi connectivity index (χ4n) is 2.75. The molecular weight excluding hydrogens is 298 g/mol. The number of fused-ring (bicyclic) bond motifs is 1. The van der Waals surface area contributed by atoms with Crippen molar-refractivity contribution >= 4 is 11.9 Å². The zero-order chi connectivity index (χ0) is 16.9. The van der Waals surface area contributed by atoms with Crippen LogP contribution in [0.25, 0.3) is 0 Å². The lowest BCUT2D eigenvalue weighted by molar-refractivity contribution is -0.149. The van der Waals surface area contributed by atoms with Crippen LogP contribution in [-0.2, 0) is 31.9 Å². The summed E-state index contributed by atoms with van der Waals surface area (Å²) in [6, 6.07) is 7.54. The van der Waals surface area contributed by atoms with Crippen molar-refractivity contribution in [2.45, 2.75) is 38.3 Å². The number of aliphatic carboxylic acids is 1. The van der Waals surface area contributed by atoms with Crippen LogP contribution in [0.1, 0.15) is 25.0 Å². The first kappa shape index (κ1) is 17.4. The van der Waals surface area contributed by atoms with Gasteiger partial charge in [-0.25, -0.2) is 4.79 Å². The van der Waals surface area contributed by atoms with Crippen molar-refractivity contribution < 1.29 is 24.2 Å². The molecule has 0 saturated heterocycles. The van der Waals surface area contributed by atoms with Crippen LogP contribution in [0.3, 0.4) is 0 Å². The van der Waals surface area contributed by atoms with E-state index in [9.17, 15) is 14.7 Å². The van der Waals surface area contributed by atoms with E-state index in [1.165, 1.54) is 0 Å². The van der Waals surface area contributed by atoms with Crippen LogP contribution in [0, 0.1) is 0 Å². The summed E-state index contributed by atoms with van der Waals surface area (Å²) in [5.41, 5.74) is 0.624. The molecule has 0 fully saturated rings. The van der Waals surface area contributed by atoms with Gasteiger partial charge in [-0.3, -0.25) is 4.79 Å². The molecule has 0 aromatic heterocycles. The first-order valence-electron chi connectivity index (χ1n) is 7.80. The molecule has 0 aliphatic heterocycles. The summed E-state index contributed by atoms with van der Waals surface area (Å²) in [5.74, 6) is -1.44. The molecule has 1 unspecified atom stereocenters. The van der Waals surface area contributed by atoms with E-state index < -0.39 is 23.5 Å². The molecule has 126 valence electrons. The Morgan fingerprint density at radius 3 is 2.39 bits per heavy atom. The molecule has 1 aliphatic carbocycles. The van der Waals surface area contributed by atoms with Gasteiger partial charge in [-0.2, -0.15) is 0 Å². The van der Waals surface area contributed by atoms with Gasteiger partial charge in [0.25, 0.3) is 0 Å². The topological polar surface area (TPSA) is 84.9 Å². The summed E-state index contributed by atoms with van der Waals surface area (Å²) >= 11 is 0. The molecule has 6 heteroatoms. The number of benzene rings is 1. The number of hydrogen-bond acceptors (Lipinski definition) is 4. The molecule has 1 amide bonds. The zero-order valence-electron chi connectivity index (χ0n) is 13.5. The van der Waals surface area contributed by atoms with Gasteiger partial charge in [0.1, 0.15) is 11.6 Å². The van der Waals surface area contributed by atoms with Crippen LogP contribution in [0.4, 0.5) is 0 Å². The lowest BCUT2D eigenvalue weighted by Crippen LogP contribution is -2.57. The average Bonchev–Trinajstić information content (AvgIpc) is 2.90. The van der Waals surface area contributed by atoms with E-state index in [1.807, 2.05) is 31.2 Å². The highest BCUT2D eigenvalue weighted by molar-refractivity contribution is 5.90. The first-order valence-corrected chi connectivity index (χ1v) is 7.80. The number of amides is 1. The van der Waals surface area contributed by atoms with Gasteiger partial charge in [0.2, 0.25) is 5.91 Å². The van der Waals surface area contributed by atoms with Gasteiger partial charge in [0.05, 0.1) is 13.2 Å². The normalized spacial score (nSPS) is 16.6. The largest absolute Gasteiger partial charge is 0.479 e. The van der Waals surface area contributed by atoms with Crippen molar-refractivity contribution in [3.05, 3.63) is 35.4 Å². The van der Waals surface area contributed by atoms with E-state index in [0.29, 0.717) is 19.8 Å². The highest BCUT2D eigenvalue weighted by Crippen LogP contribution is 2.30. The van der Waals surface area contributed by atoms with Crippen molar-refractivity contribution in [2.24, 2.45) is 0 Å². The maximum absolute atomic E-state index is 12.3. The fourth-order valence-corrected chi connectivity index (χ4v) is 2.75. The molecule has 0 saturated carbocycles. The van der Waals surface area contributed by atoms with E-state index in [-0.39, 0.29) is 12.8 Å². The monoisotopic (exact) mass is 321 g/mol. The van der Waals surface area contributed by atoms with Gasteiger partial charge in [-0.1, -0.05) is 24.3 Å². The van der Waals surface area contributed by atoms with Gasteiger partial charge in [0, 0.05) is 19.4 Å². The van der Waals surface area contributed by atoms with E-state index in [4.69, 9.17) is 9.47 Å². The van der Waals surface area contributed by atoms with E-state index in [0.717, 1.165) is 11.1 Å². The number of carboxylic acids is 1. The molecular formula is C17H23NO5. The molecule has 2 N–H and O–H groups in total. The minimum atomic E-state index is -1.29. The molecule has 1 aliphatic rings. The number of carbonyl (C=O) groups excluding carboxylic acids is 1. The third kappa shape index (κ3) is 4.09. The second-order valence-electron chi connectivity index (χ2n) is 5.71. The maximum Gasteiger partial charge on any atom is 0.330 e. The Morgan fingerprint density at radius 1 is 1.26 bits per heavy atom. The number of rotatable bonds is 8. The summed E-state index contributed by atoms with van der Waals surface area (Å²) in [7, 11) is 0. The quantitative estimate of drug-likeness (QED) is 0.702. The molecule has 0 heterocycles. The molecule has 2 rings (SSSR count). The molecule has 1 aromatic rings. The van der Waals surface area contributed by atoms with Crippen LogP contribution < -0.4 is 5.32 Å². The number of hydrogen-bond donors (Lipinski definition) is 2. The fraction of sp³-hybridized carbons (Fsp3) is 0.529. The van der Waals surface area contributed by atoms with Crippen LogP contribution in [0.15, 0.2) is 24.3 Å². The smallest absolute Gasteiger partial charge is 0.330 e. The molecule has 23 heavy (non-hydrogen) atoms. The Morgan fingerprint density at radius 2 is 1.87 bits per heavy atom. The Bertz CT molecular complexity index is 547. The van der Waals surface area contributed by atoms with Crippen molar-refractivity contribution in [1.82, 2.24) is 5.32 Å². The number of nitrogens with one attached hydrogen (secondary N) is 1. The summed E-state index contributed by atoms with van der Waals surface area (Å²) in [6.07, 6.45) is -0.151. The Kier molecular flexibility index (Phi) is 5.74. The molecule has 6 nitrogen and oxygen atoms in total. The lowest BCUT2D eigenvalue weighted by Gasteiger charge is -2.27. The lowest BCUT2D eigenvalue weighted by atomic mass is 9.95. The number of carbonyl (C=O) groups is 2. The van der Waals surface area contributed by atoms with Gasteiger partial charge >= 0.3 is 5.97 Å². The summed E-state index contributed by atoms with van der Waals surface area (Å²) in [6.45, 7) is 4.78. The maximum atomic E-state index is 12.3. The van der Waals surface area contributed by atoms with Crippen LogP contribution in [-0.4, -0.2) is 48.4 Å². The van der Waals surface area contributed by atoms with E-state index in [1.54, 1.807) is 6.92 Å². The summed E-state index contributed by atoms with van der Waals surface area (Å²) < 4.78 is 10.5. The summed E-state index contributed by atoms with van der Waals surface area (Å²) in [4.78, 5) is 24.1. The molecule has 0 radical (unpaired) electrons. The second kappa shape index (κ2) is 7.57. The van der Waals surface area contributed by atoms with Crippen LogP contribution in [0.2, 0.25) is 0 Å². The highest BCUT2D eigenvalue weighted by atomic mass is 16.5. The minimum Gasteiger partial charge on any atom is -0.479 e. The predicted molar refractivity (Wildman–Crippen MR) is 84.3 cm³/mol. The van der Waals surface area contributed by atoms with Crippen LogP contribution >= 0.6 is 0 Å². The molecule has 0 spiro atoms. The Hall–Kier alpha value is -1.92. The van der Waals surface area contributed by atoms with Gasteiger partial charge in [0.15, 0.2) is 0 Å². The van der Waals surface area contributed by atoms with E-state index >= 15 is 0 Å². The average molecular weight is 321 g/mol. The van der Waals surface area contributed by atoms with Gasteiger partial charge in [-0.05, 0) is 25.0 Å². The van der Waals surface area contributed by atoms with E-state index in [2.05, 4.69) is 5.32 Å². The summed E-state index contributed by atoms with van der Waals surface area (Å²) in [5, 5.41) is 12.3. The van der Waals surface area contributed by atoms with Gasteiger partial charge in [-0.15, -0.1) is 0 Å². The van der Waals surface area contributed by atoms with Crippen molar-refractivity contribution in [3.63, 3.8) is 0 Å². The Labute approximate surface area is 135 Å². The minimum absolute atomic E-state index is 0.288. The van der Waals surface area contributed by atoms with Gasteiger partial charge < -0.3 is 19.9 Å². The van der Waals surface area contributed by atoms with Crippen molar-refractivity contribution in [2.75, 3.05) is 19.8 Å².